The summed E-state index contributed by atoms with van der Waals surface area (Å²) in [4.78, 5) is 32.2. The maximum atomic E-state index is 12.3. The van der Waals surface area contributed by atoms with Crippen molar-refractivity contribution in [1.82, 2.24) is 10.3 Å². The Morgan fingerprint density at radius 3 is 2.48 bits per heavy atom. The second-order valence-corrected chi connectivity index (χ2v) is 6.81. The molecule has 1 N–H and O–H groups in total. The molecule has 1 aliphatic heterocycles. The third-order valence-electron chi connectivity index (χ3n) is 4.78. The van der Waals surface area contributed by atoms with Crippen molar-refractivity contribution in [3.63, 3.8) is 0 Å². The minimum Gasteiger partial charge on any atom is -0.372 e. The zero-order valence-electron chi connectivity index (χ0n) is 15.7. The summed E-state index contributed by atoms with van der Waals surface area (Å²) in [7, 11) is 0. The van der Waals surface area contributed by atoms with Gasteiger partial charge >= 0.3 is 0 Å². The fraction of sp³-hybridized carbons (Fsp3) is 0.381. The fourth-order valence-electron chi connectivity index (χ4n) is 3.28. The van der Waals surface area contributed by atoms with Gasteiger partial charge in [-0.1, -0.05) is 6.07 Å². The van der Waals surface area contributed by atoms with E-state index in [-0.39, 0.29) is 18.4 Å². The molecular weight excluding hydrogens is 340 g/mol. The summed E-state index contributed by atoms with van der Waals surface area (Å²) >= 11 is 0. The average Bonchev–Trinajstić information content (AvgIpc) is 2.72. The molecule has 2 aromatic rings. The Morgan fingerprint density at radius 1 is 1.11 bits per heavy atom. The first-order valence-electron chi connectivity index (χ1n) is 9.42. The van der Waals surface area contributed by atoms with Gasteiger partial charge in [0.05, 0.1) is 0 Å². The Hall–Kier alpha value is -2.89. The molecule has 0 saturated carbocycles. The number of hydrogen-bond donors (Lipinski definition) is 1. The van der Waals surface area contributed by atoms with E-state index in [1.807, 2.05) is 36.4 Å². The van der Waals surface area contributed by atoms with Gasteiger partial charge in [-0.05, 0) is 55.2 Å². The van der Waals surface area contributed by atoms with Crippen LogP contribution in [0.5, 0.6) is 0 Å². The number of anilines is 2. The van der Waals surface area contributed by atoms with E-state index in [0.29, 0.717) is 6.54 Å². The molecule has 1 aromatic heterocycles. The molecule has 0 bridgehead atoms. The highest BCUT2D eigenvalue weighted by Crippen LogP contribution is 2.23. The fourth-order valence-corrected chi connectivity index (χ4v) is 3.28. The Balaban J connectivity index is 1.60. The van der Waals surface area contributed by atoms with Crippen LogP contribution in [0.3, 0.4) is 0 Å². The molecule has 6 nitrogen and oxygen atoms in total. The molecule has 0 unspecified atom stereocenters. The Morgan fingerprint density at radius 2 is 1.85 bits per heavy atom. The van der Waals surface area contributed by atoms with Crippen LogP contribution in [-0.2, 0) is 16.1 Å². The van der Waals surface area contributed by atoms with Gasteiger partial charge in [-0.3, -0.25) is 14.6 Å². The van der Waals surface area contributed by atoms with Gasteiger partial charge in [-0.25, -0.2) is 0 Å². The van der Waals surface area contributed by atoms with Crippen LogP contribution < -0.4 is 15.1 Å². The molecule has 1 aromatic carbocycles. The molecular formula is C21H26N4O2. The average molecular weight is 366 g/mol. The number of carbonyl (C=O) groups excluding carboxylic acids is 2. The zero-order chi connectivity index (χ0) is 19.1. The van der Waals surface area contributed by atoms with Crippen LogP contribution in [0.15, 0.2) is 48.8 Å². The number of nitrogens with one attached hydrogen (secondary N) is 1. The van der Waals surface area contributed by atoms with Crippen molar-refractivity contribution in [3.05, 3.63) is 54.4 Å². The Labute approximate surface area is 160 Å². The molecule has 2 heterocycles. The molecule has 142 valence electrons. The summed E-state index contributed by atoms with van der Waals surface area (Å²) in [6.45, 7) is 4.02. The second-order valence-electron chi connectivity index (χ2n) is 6.81. The van der Waals surface area contributed by atoms with Crippen LogP contribution in [0.4, 0.5) is 11.4 Å². The summed E-state index contributed by atoms with van der Waals surface area (Å²) in [5.41, 5.74) is 2.83. The van der Waals surface area contributed by atoms with Crippen LogP contribution in [0.1, 0.15) is 31.7 Å². The van der Waals surface area contributed by atoms with Crippen LogP contribution >= 0.6 is 0 Å². The molecule has 0 atom stereocenters. The summed E-state index contributed by atoms with van der Waals surface area (Å²) in [6.07, 6.45) is 7.14. The van der Waals surface area contributed by atoms with Gasteiger partial charge in [-0.15, -0.1) is 0 Å². The Bertz CT molecular complexity index is 756. The molecule has 6 heteroatoms. The van der Waals surface area contributed by atoms with Gasteiger partial charge in [-0.2, -0.15) is 0 Å². The smallest absolute Gasteiger partial charge is 0.240 e. The standard InChI is InChI=1S/C21H26N4O2/c1-17(26)25(16-21(27)23-15-18-6-5-11-22-14-18)20-9-7-19(8-10-20)24-12-3-2-4-13-24/h5-11,14H,2-4,12-13,15-16H2,1H3,(H,23,27). The third-order valence-corrected chi connectivity index (χ3v) is 4.78. The van der Waals surface area contributed by atoms with Crippen molar-refractivity contribution >= 4 is 23.2 Å². The molecule has 2 amide bonds. The van der Waals surface area contributed by atoms with Crippen LogP contribution in [-0.4, -0.2) is 36.4 Å². The lowest BCUT2D eigenvalue weighted by Crippen LogP contribution is -2.39. The number of piperidine rings is 1. The highest BCUT2D eigenvalue weighted by molar-refractivity contribution is 5.97. The van der Waals surface area contributed by atoms with Crippen molar-refractivity contribution < 1.29 is 9.59 Å². The van der Waals surface area contributed by atoms with E-state index < -0.39 is 0 Å². The SMILES string of the molecule is CC(=O)N(CC(=O)NCc1cccnc1)c1ccc(N2CCCCC2)cc1. The van der Waals surface area contributed by atoms with E-state index >= 15 is 0 Å². The number of rotatable bonds is 6. The number of carbonyl (C=O) groups is 2. The number of nitrogens with zero attached hydrogens (tertiary/aromatic N) is 3. The van der Waals surface area contributed by atoms with E-state index in [9.17, 15) is 9.59 Å². The number of amides is 2. The van der Waals surface area contributed by atoms with Gasteiger partial charge in [0.15, 0.2) is 0 Å². The highest BCUT2D eigenvalue weighted by atomic mass is 16.2. The van der Waals surface area contributed by atoms with E-state index in [1.54, 1.807) is 12.4 Å². The first kappa shape index (κ1) is 18.9. The van der Waals surface area contributed by atoms with E-state index in [0.717, 1.165) is 24.3 Å². The predicted octanol–water partition coefficient (Wildman–Crippen LogP) is 2.74. The third kappa shape index (κ3) is 5.29. The van der Waals surface area contributed by atoms with Gasteiger partial charge in [0, 0.05) is 50.3 Å². The van der Waals surface area contributed by atoms with Crippen molar-refractivity contribution in [2.75, 3.05) is 29.4 Å². The molecule has 0 aliphatic carbocycles. The molecule has 1 aliphatic rings. The topological polar surface area (TPSA) is 65.5 Å². The van der Waals surface area contributed by atoms with Gasteiger partial charge in [0.1, 0.15) is 6.54 Å². The number of benzene rings is 1. The lowest BCUT2D eigenvalue weighted by Gasteiger charge is -2.29. The normalized spacial score (nSPS) is 13.9. The van der Waals surface area contributed by atoms with E-state index in [4.69, 9.17) is 0 Å². The van der Waals surface area contributed by atoms with Crippen molar-refractivity contribution in [2.45, 2.75) is 32.7 Å². The number of aromatic nitrogens is 1. The molecule has 1 fully saturated rings. The summed E-state index contributed by atoms with van der Waals surface area (Å²) in [5.74, 6) is -0.355. The maximum Gasteiger partial charge on any atom is 0.240 e. The van der Waals surface area contributed by atoms with E-state index in [1.165, 1.54) is 36.8 Å². The molecule has 1 saturated heterocycles. The first-order valence-corrected chi connectivity index (χ1v) is 9.42. The quantitative estimate of drug-likeness (QED) is 0.854. The van der Waals surface area contributed by atoms with Crippen LogP contribution in [0, 0.1) is 0 Å². The zero-order valence-corrected chi connectivity index (χ0v) is 15.7. The van der Waals surface area contributed by atoms with Gasteiger partial charge in [0.2, 0.25) is 11.8 Å². The largest absolute Gasteiger partial charge is 0.372 e. The van der Waals surface area contributed by atoms with Crippen molar-refractivity contribution in [1.29, 1.82) is 0 Å². The number of pyridine rings is 1. The van der Waals surface area contributed by atoms with Crippen LogP contribution in [0.2, 0.25) is 0 Å². The molecule has 0 spiro atoms. The monoisotopic (exact) mass is 366 g/mol. The highest BCUT2D eigenvalue weighted by Gasteiger charge is 2.17. The van der Waals surface area contributed by atoms with Gasteiger partial charge < -0.3 is 15.1 Å². The maximum absolute atomic E-state index is 12.3. The molecule has 3 rings (SSSR count). The summed E-state index contributed by atoms with van der Waals surface area (Å²) in [5, 5.41) is 2.84. The molecule has 0 radical (unpaired) electrons. The van der Waals surface area contributed by atoms with E-state index in [2.05, 4.69) is 15.2 Å². The lowest BCUT2D eigenvalue weighted by molar-refractivity contribution is -0.123. The van der Waals surface area contributed by atoms with Gasteiger partial charge in [0.25, 0.3) is 0 Å². The van der Waals surface area contributed by atoms with Crippen molar-refractivity contribution in [2.24, 2.45) is 0 Å². The number of hydrogen-bond acceptors (Lipinski definition) is 4. The van der Waals surface area contributed by atoms with Crippen molar-refractivity contribution in [3.8, 4) is 0 Å². The van der Waals surface area contributed by atoms with Crippen LogP contribution in [0.25, 0.3) is 0 Å². The summed E-state index contributed by atoms with van der Waals surface area (Å²) in [6, 6.07) is 11.6. The Kier molecular flexibility index (Phi) is 6.41. The predicted molar refractivity (Wildman–Crippen MR) is 107 cm³/mol. The summed E-state index contributed by atoms with van der Waals surface area (Å²) < 4.78 is 0. The second kappa shape index (κ2) is 9.16. The first-order chi connectivity index (χ1) is 13.1. The minimum absolute atomic E-state index is 0.00133. The lowest BCUT2D eigenvalue weighted by atomic mass is 10.1. The molecule has 27 heavy (non-hydrogen) atoms. The minimum atomic E-state index is -0.200.